The van der Waals surface area contributed by atoms with Crippen LogP contribution in [0.3, 0.4) is 0 Å². The van der Waals surface area contributed by atoms with E-state index in [2.05, 4.69) is 10.3 Å². The fourth-order valence-corrected chi connectivity index (χ4v) is 2.47. The minimum Gasteiger partial charge on any atom is -0.456 e. The normalized spacial score (nSPS) is 12.7. The number of fused-ring (bicyclic) bond motifs is 1. The van der Waals surface area contributed by atoms with Gasteiger partial charge in [0.25, 0.3) is 0 Å². The maximum absolute atomic E-state index is 13.7. The summed E-state index contributed by atoms with van der Waals surface area (Å²) in [6.07, 6.45) is 2.48. The molecule has 2 aromatic heterocycles. The minimum atomic E-state index is -0.327. The van der Waals surface area contributed by atoms with E-state index in [-0.39, 0.29) is 11.9 Å². The molecule has 21 heavy (non-hydrogen) atoms. The molecule has 0 saturated heterocycles. The van der Waals surface area contributed by atoms with E-state index in [4.69, 9.17) is 4.42 Å². The lowest BCUT2D eigenvalue weighted by molar-refractivity contribution is 0.425. The molecule has 0 radical (unpaired) electrons. The summed E-state index contributed by atoms with van der Waals surface area (Å²) in [6.45, 7) is 2.84. The Hall–Kier alpha value is -2.20. The maximum atomic E-state index is 13.7. The monoisotopic (exact) mass is 284 g/mol. The van der Waals surface area contributed by atoms with Crippen LogP contribution in [0.25, 0.3) is 11.0 Å². The molecule has 3 aromatic rings. The largest absolute Gasteiger partial charge is 0.456 e. The first-order chi connectivity index (χ1) is 10.3. The number of halogens is 1. The second kappa shape index (κ2) is 6.06. The smallest absolute Gasteiger partial charge is 0.169 e. The van der Waals surface area contributed by atoms with Crippen LogP contribution in [-0.4, -0.2) is 11.5 Å². The predicted molar refractivity (Wildman–Crippen MR) is 80.5 cm³/mol. The van der Waals surface area contributed by atoms with E-state index in [1.807, 2.05) is 37.3 Å². The van der Waals surface area contributed by atoms with Crippen molar-refractivity contribution < 1.29 is 8.81 Å². The van der Waals surface area contributed by atoms with Gasteiger partial charge in [0.1, 0.15) is 5.76 Å². The molecule has 0 aliphatic carbocycles. The Morgan fingerprint density at radius 3 is 2.86 bits per heavy atom. The van der Waals surface area contributed by atoms with Crippen LogP contribution in [0.1, 0.15) is 24.4 Å². The number of nitrogens with zero attached hydrogens (tertiary/aromatic N) is 1. The van der Waals surface area contributed by atoms with Crippen molar-refractivity contribution in [3.63, 3.8) is 0 Å². The molecule has 2 heterocycles. The van der Waals surface area contributed by atoms with E-state index in [0.29, 0.717) is 12.0 Å². The lowest BCUT2D eigenvalue weighted by Gasteiger charge is -2.14. The molecule has 4 heteroatoms. The quantitative estimate of drug-likeness (QED) is 0.773. The van der Waals surface area contributed by atoms with Gasteiger partial charge in [-0.3, -0.25) is 4.98 Å². The van der Waals surface area contributed by atoms with Gasteiger partial charge < -0.3 is 9.73 Å². The number of hydrogen-bond donors (Lipinski definition) is 1. The van der Waals surface area contributed by atoms with Crippen LogP contribution < -0.4 is 5.32 Å². The number of aromatic nitrogens is 1. The summed E-state index contributed by atoms with van der Waals surface area (Å²) in [5.74, 6) is 0.412. The highest BCUT2D eigenvalue weighted by atomic mass is 19.1. The average molecular weight is 284 g/mol. The van der Waals surface area contributed by atoms with Gasteiger partial charge >= 0.3 is 0 Å². The minimum absolute atomic E-state index is 0.0169. The van der Waals surface area contributed by atoms with Gasteiger partial charge in [-0.25, -0.2) is 4.39 Å². The fraction of sp³-hybridized carbons (Fsp3) is 0.235. The number of pyridine rings is 1. The molecule has 3 rings (SSSR count). The molecule has 0 bridgehead atoms. The van der Waals surface area contributed by atoms with Crippen LogP contribution >= 0.6 is 0 Å². The average Bonchev–Trinajstić information content (AvgIpc) is 2.93. The molecule has 1 atom stereocenters. The second-order valence-corrected chi connectivity index (χ2v) is 4.94. The van der Waals surface area contributed by atoms with E-state index in [9.17, 15) is 4.39 Å². The standard InChI is InChI=1S/C17H17FN2O/c1-2-19-15(11-13-7-3-4-9-20-13)16-10-12-6-5-8-14(18)17(12)21-16/h3-10,15,19H,2,11H2,1H3. The highest BCUT2D eigenvalue weighted by Gasteiger charge is 2.18. The van der Waals surface area contributed by atoms with Gasteiger partial charge in [0.2, 0.25) is 0 Å². The molecule has 108 valence electrons. The summed E-state index contributed by atoms with van der Waals surface area (Å²) >= 11 is 0. The zero-order valence-corrected chi connectivity index (χ0v) is 11.8. The number of nitrogens with one attached hydrogen (secondary N) is 1. The van der Waals surface area contributed by atoms with E-state index in [1.165, 1.54) is 6.07 Å². The first-order valence-corrected chi connectivity index (χ1v) is 7.09. The predicted octanol–water partition coefficient (Wildman–Crippen LogP) is 3.86. The summed E-state index contributed by atoms with van der Waals surface area (Å²) in [6, 6.07) is 12.7. The molecule has 1 unspecified atom stereocenters. The van der Waals surface area contributed by atoms with Crippen LogP contribution in [0.4, 0.5) is 4.39 Å². The van der Waals surface area contributed by atoms with Crippen LogP contribution in [0.15, 0.2) is 53.1 Å². The van der Waals surface area contributed by atoms with Gasteiger partial charge in [0.15, 0.2) is 11.4 Å². The van der Waals surface area contributed by atoms with E-state index >= 15 is 0 Å². The zero-order valence-electron chi connectivity index (χ0n) is 11.8. The first-order valence-electron chi connectivity index (χ1n) is 7.09. The van der Waals surface area contributed by atoms with Crippen LogP contribution in [0.5, 0.6) is 0 Å². The van der Waals surface area contributed by atoms with Crippen molar-refractivity contribution in [1.82, 2.24) is 10.3 Å². The van der Waals surface area contributed by atoms with Gasteiger partial charge in [0.05, 0.1) is 6.04 Å². The summed E-state index contributed by atoms with van der Waals surface area (Å²) < 4.78 is 19.5. The van der Waals surface area contributed by atoms with E-state index in [0.717, 1.165) is 23.4 Å². The molecule has 1 aromatic carbocycles. The molecular formula is C17H17FN2O. The van der Waals surface area contributed by atoms with Crippen molar-refractivity contribution in [2.75, 3.05) is 6.54 Å². The van der Waals surface area contributed by atoms with E-state index < -0.39 is 0 Å². The molecule has 0 aliphatic rings. The Kier molecular flexibility index (Phi) is 3.97. The molecule has 3 nitrogen and oxygen atoms in total. The Bertz CT molecular complexity index is 724. The van der Waals surface area contributed by atoms with Gasteiger partial charge in [-0.1, -0.05) is 25.1 Å². The topological polar surface area (TPSA) is 38.1 Å². The summed E-state index contributed by atoms with van der Waals surface area (Å²) in [5.41, 5.74) is 1.29. The summed E-state index contributed by atoms with van der Waals surface area (Å²) in [4.78, 5) is 4.34. The number of para-hydroxylation sites is 1. The van der Waals surface area contributed by atoms with Crippen molar-refractivity contribution in [1.29, 1.82) is 0 Å². The third-order valence-corrected chi connectivity index (χ3v) is 3.45. The third-order valence-electron chi connectivity index (χ3n) is 3.45. The van der Waals surface area contributed by atoms with Crippen LogP contribution in [0, 0.1) is 5.82 Å². The third kappa shape index (κ3) is 2.95. The zero-order chi connectivity index (χ0) is 14.7. The Morgan fingerprint density at radius 1 is 1.24 bits per heavy atom. The van der Waals surface area contributed by atoms with Gasteiger partial charge in [-0.2, -0.15) is 0 Å². The maximum Gasteiger partial charge on any atom is 0.169 e. The number of benzene rings is 1. The molecule has 0 fully saturated rings. The summed E-state index contributed by atoms with van der Waals surface area (Å²) in [5, 5.41) is 4.16. The molecular weight excluding hydrogens is 267 g/mol. The van der Waals surface area contributed by atoms with Crippen LogP contribution in [-0.2, 0) is 6.42 Å². The lowest BCUT2D eigenvalue weighted by atomic mass is 10.1. The highest BCUT2D eigenvalue weighted by molar-refractivity contribution is 5.78. The number of likely N-dealkylation sites (N-methyl/N-ethyl adjacent to an activating group) is 1. The van der Waals surface area contributed by atoms with Gasteiger partial charge in [-0.15, -0.1) is 0 Å². The highest BCUT2D eigenvalue weighted by Crippen LogP contribution is 2.27. The fourth-order valence-electron chi connectivity index (χ4n) is 2.47. The Labute approximate surface area is 122 Å². The Balaban J connectivity index is 1.93. The van der Waals surface area contributed by atoms with E-state index in [1.54, 1.807) is 12.3 Å². The number of rotatable bonds is 5. The van der Waals surface area contributed by atoms with Crippen LogP contribution in [0.2, 0.25) is 0 Å². The van der Waals surface area contributed by atoms with Gasteiger partial charge in [0, 0.05) is 23.7 Å². The molecule has 0 aliphatic heterocycles. The van der Waals surface area contributed by atoms with Crippen molar-refractivity contribution >= 4 is 11.0 Å². The number of furan rings is 1. The second-order valence-electron chi connectivity index (χ2n) is 4.94. The van der Waals surface area contributed by atoms with Crippen molar-refractivity contribution in [3.05, 3.63) is 65.9 Å². The Morgan fingerprint density at radius 2 is 2.14 bits per heavy atom. The van der Waals surface area contributed by atoms with Crippen molar-refractivity contribution in [2.45, 2.75) is 19.4 Å². The summed E-state index contributed by atoms with van der Waals surface area (Å²) in [7, 11) is 0. The van der Waals surface area contributed by atoms with Crippen molar-refractivity contribution in [3.8, 4) is 0 Å². The van der Waals surface area contributed by atoms with Crippen molar-refractivity contribution in [2.24, 2.45) is 0 Å². The molecule has 0 saturated carbocycles. The number of hydrogen-bond acceptors (Lipinski definition) is 3. The molecule has 0 spiro atoms. The molecule has 0 amide bonds. The lowest BCUT2D eigenvalue weighted by Crippen LogP contribution is -2.22. The first kappa shape index (κ1) is 13.8. The molecule has 1 N–H and O–H groups in total. The SMILES string of the molecule is CCNC(Cc1ccccn1)c1cc2cccc(F)c2o1. The van der Waals surface area contributed by atoms with Gasteiger partial charge in [-0.05, 0) is 30.8 Å².